The molecule has 4 atom stereocenters. The van der Waals surface area contributed by atoms with E-state index >= 15 is 0 Å². The predicted molar refractivity (Wildman–Crippen MR) is 125 cm³/mol. The topological polar surface area (TPSA) is 36.9 Å². The minimum Gasteiger partial charge on any atom is -0.374 e. The van der Waals surface area contributed by atoms with E-state index in [0.717, 1.165) is 16.7 Å². The standard InChI is InChI=1S/C28H30O4/c1-2-25-27(30-19-23-14-8-4-9-15-23)28(31-20-24-16-10-5-11-17-24)26(32-25)21-29-18-22-12-6-3-7-13-22/h2-17,25-28H,1,18-21H2. The second-order valence-corrected chi connectivity index (χ2v) is 7.90. The third-order valence-electron chi connectivity index (χ3n) is 5.54. The van der Waals surface area contributed by atoms with Crippen LogP contribution < -0.4 is 0 Å². The van der Waals surface area contributed by atoms with Crippen LogP contribution in [-0.4, -0.2) is 31.0 Å². The lowest BCUT2D eigenvalue weighted by molar-refractivity contribution is -0.0896. The van der Waals surface area contributed by atoms with Gasteiger partial charge in [-0.1, -0.05) is 97.1 Å². The molecule has 0 bridgehead atoms. The molecule has 32 heavy (non-hydrogen) atoms. The van der Waals surface area contributed by atoms with Crippen molar-refractivity contribution in [3.63, 3.8) is 0 Å². The van der Waals surface area contributed by atoms with Crippen molar-refractivity contribution in [1.82, 2.24) is 0 Å². The second kappa shape index (κ2) is 11.7. The molecule has 4 nitrogen and oxygen atoms in total. The summed E-state index contributed by atoms with van der Waals surface area (Å²) in [7, 11) is 0. The maximum absolute atomic E-state index is 6.36. The van der Waals surface area contributed by atoms with E-state index in [-0.39, 0.29) is 24.4 Å². The molecule has 0 spiro atoms. The lowest BCUT2D eigenvalue weighted by Gasteiger charge is -2.24. The summed E-state index contributed by atoms with van der Waals surface area (Å²) in [6, 6.07) is 30.4. The first kappa shape index (κ1) is 22.4. The van der Waals surface area contributed by atoms with Gasteiger partial charge < -0.3 is 18.9 Å². The normalized spacial score (nSPS) is 22.6. The third-order valence-corrected chi connectivity index (χ3v) is 5.54. The Morgan fingerprint density at radius 2 is 1.12 bits per heavy atom. The van der Waals surface area contributed by atoms with E-state index in [4.69, 9.17) is 18.9 Å². The quantitative estimate of drug-likeness (QED) is 0.386. The molecule has 3 aromatic carbocycles. The van der Waals surface area contributed by atoms with Crippen molar-refractivity contribution in [2.24, 2.45) is 0 Å². The van der Waals surface area contributed by atoms with Crippen LogP contribution in [-0.2, 0) is 38.8 Å². The van der Waals surface area contributed by atoms with E-state index in [1.165, 1.54) is 0 Å². The Kier molecular flexibility index (Phi) is 8.23. The van der Waals surface area contributed by atoms with Gasteiger partial charge in [0.15, 0.2) is 0 Å². The van der Waals surface area contributed by atoms with Crippen LogP contribution in [0.25, 0.3) is 0 Å². The Morgan fingerprint density at radius 1 is 0.656 bits per heavy atom. The number of ether oxygens (including phenoxy) is 4. The molecular weight excluding hydrogens is 400 g/mol. The van der Waals surface area contributed by atoms with E-state index in [9.17, 15) is 0 Å². The Bertz CT molecular complexity index is 929. The summed E-state index contributed by atoms with van der Waals surface area (Å²) in [5.74, 6) is 0. The van der Waals surface area contributed by atoms with E-state index < -0.39 is 0 Å². The number of benzene rings is 3. The molecule has 1 aliphatic rings. The Labute approximate surface area is 190 Å². The molecule has 4 unspecified atom stereocenters. The van der Waals surface area contributed by atoms with Crippen molar-refractivity contribution in [3.8, 4) is 0 Å². The van der Waals surface area contributed by atoms with Crippen LogP contribution in [0.15, 0.2) is 104 Å². The van der Waals surface area contributed by atoms with E-state index in [2.05, 4.69) is 43.0 Å². The average Bonchev–Trinajstić information content (AvgIpc) is 3.19. The third kappa shape index (κ3) is 6.15. The number of hydrogen-bond acceptors (Lipinski definition) is 4. The maximum atomic E-state index is 6.36. The summed E-state index contributed by atoms with van der Waals surface area (Å²) in [6.45, 7) is 5.88. The number of hydrogen-bond donors (Lipinski definition) is 0. The molecule has 1 heterocycles. The minimum absolute atomic E-state index is 0.244. The van der Waals surface area contributed by atoms with Gasteiger partial charge in [-0.05, 0) is 16.7 Å². The van der Waals surface area contributed by atoms with Crippen LogP contribution in [0.1, 0.15) is 16.7 Å². The lowest BCUT2D eigenvalue weighted by atomic mass is 10.1. The molecule has 1 fully saturated rings. The molecule has 0 N–H and O–H groups in total. The highest BCUT2D eigenvalue weighted by atomic mass is 16.6. The molecule has 0 aliphatic carbocycles. The smallest absolute Gasteiger partial charge is 0.116 e. The molecule has 0 radical (unpaired) electrons. The van der Waals surface area contributed by atoms with Crippen molar-refractivity contribution >= 4 is 0 Å². The van der Waals surface area contributed by atoms with Gasteiger partial charge in [0.2, 0.25) is 0 Å². The fourth-order valence-corrected chi connectivity index (χ4v) is 3.87. The van der Waals surface area contributed by atoms with Crippen LogP contribution in [0.4, 0.5) is 0 Å². The molecule has 3 aromatic rings. The monoisotopic (exact) mass is 430 g/mol. The summed E-state index contributed by atoms with van der Waals surface area (Å²) < 4.78 is 24.9. The second-order valence-electron chi connectivity index (χ2n) is 7.90. The van der Waals surface area contributed by atoms with E-state index in [1.54, 1.807) is 6.08 Å². The molecule has 1 aliphatic heterocycles. The van der Waals surface area contributed by atoms with Gasteiger partial charge >= 0.3 is 0 Å². The largest absolute Gasteiger partial charge is 0.374 e. The van der Waals surface area contributed by atoms with Crippen molar-refractivity contribution in [3.05, 3.63) is 120 Å². The van der Waals surface area contributed by atoms with Crippen molar-refractivity contribution in [1.29, 1.82) is 0 Å². The van der Waals surface area contributed by atoms with Crippen LogP contribution in [0.3, 0.4) is 0 Å². The fraction of sp³-hybridized carbons (Fsp3) is 0.286. The van der Waals surface area contributed by atoms with Crippen LogP contribution in [0.5, 0.6) is 0 Å². The first-order chi connectivity index (χ1) is 15.8. The zero-order chi connectivity index (χ0) is 22.0. The van der Waals surface area contributed by atoms with E-state index in [0.29, 0.717) is 26.4 Å². The van der Waals surface area contributed by atoms with Gasteiger partial charge in [0, 0.05) is 0 Å². The van der Waals surface area contributed by atoms with Crippen LogP contribution in [0.2, 0.25) is 0 Å². The fourth-order valence-electron chi connectivity index (χ4n) is 3.87. The van der Waals surface area contributed by atoms with Gasteiger partial charge in [-0.2, -0.15) is 0 Å². The molecule has 4 rings (SSSR count). The molecule has 0 saturated carbocycles. The summed E-state index contributed by atoms with van der Waals surface area (Å²) in [6.07, 6.45) is 0.765. The zero-order valence-electron chi connectivity index (χ0n) is 18.2. The molecule has 4 heteroatoms. The number of rotatable bonds is 11. The van der Waals surface area contributed by atoms with Gasteiger partial charge in [-0.15, -0.1) is 6.58 Å². The highest BCUT2D eigenvalue weighted by Gasteiger charge is 2.45. The highest BCUT2D eigenvalue weighted by molar-refractivity contribution is 5.15. The lowest BCUT2D eigenvalue weighted by Crippen LogP contribution is -2.38. The van der Waals surface area contributed by atoms with Gasteiger partial charge in [0.05, 0.1) is 26.4 Å². The molecular formula is C28H30O4. The summed E-state index contributed by atoms with van der Waals surface area (Å²) in [4.78, 5) is 0. The Hall–Kier alpha value is -2.76. The summed E-state index contributed by atoms with van der Waals surface area (Å²) in [5.41, 5.74) is 3.35. The molecule has 0 amide bonds. The molecule has 166 valence electrons. The van der Waals surface area contributed by atoms with Crippen LogP contribution >= 0.6 is 0 Å². The van der Waals surface area contributed by atoms with Gasteiger partial charge in [0.1, 0.15) is 24.4 Å². The minimum atomic E-state index is -0.266. The summed E-state index contributed by atoms with van der Waals surface area (Å²) in [5, 5.41) is 0. The highest BCUT2D eigenvalue weighted by Crippen LogP contribution is 2.29. The average molecular weight is 431 g/mol. The Morgan fingerprint density at radius 3 is 1.62 bits per heavy atom. The van der Waals surface area contributed by atoms with Crippen molar-refractivity contribution in [2.75, 3.05) is 6.61 Å². The first-order valence-electron chi connectivity index (χ1n) is 11.0. The Balaban J connectivity index is 1.43. The van der Waals surface area contributed by atoms with Gasteiger partial charge in [0.25, 0.3) is 0 Å². The van der Waals surface area contributed by atoms with Crippen molar-refractivity contribution in [2.45, 2.75) is 44.2 Å². The SMILES string of the molecule is C=CC1OC(COCc2ccccc2)C(OCc2ccccc2)C1OCc1ccccc1. The van der Waals surface area contributed by atoms with Crippen molar-refractivity contribution < 1.29 is 18.9 Å². The van der Waals surface area contributed by atoms with Crippen LogP contribution in [0, 0.1) is 0 Å². The zero-order valence-corrected chi connectivity index (χ0v) is 18.2. The molecule has 0 aromatic heterocycles. The predicted octanol–water partition coefficient (Wildman–Crippen LogP) is 5.33. The first-order valence-corrected chi connectivity index (χ1v) is 11.0. The van der Waals surface area contributed by atoms with Gasteiger partial charge in [-0.25, -0.2) is 0 Å². The van der Waals surface area contributed by atoms with Gasteiger partial charge in [-0.3, -0.25) is 0 Å². The molecule has 1 saturated heterocycles. The maximum Gasteiger partial charge on any atom is 0.116 e. The van der Waals surface area contributed by atoms with E-state index in [1.807, 2.05) is 54.6 Å². The summed E-state index contributed by atoms with van der Waals surface area (Å²) >= 11 is 0.